The second kappa shape index (κ2) is 14.4. The summed E-state index contributed by atoms with van der Waals surface area (Å²) in [6, 6.07) is 16.4. The number of hydrogen-bond donors (Lipinski definition) is 3. The van der Waals surface area contributed by atoms with Gasteiger partial charge < -0.3 is 20.1 Å². The van der Waals surface area contributed by atoms with Crippen LogP contribution in [0, 0.1) is 0 Å². The molecule has 2 aromatic carbocycles. The first kappa shape index (κ1) is 25.5. The fourth-order valence-corrected chi connectivity index (χ4v) is 2.78. The zero-order chi connectivity index (χ0) is 23.9. The number of rotatable bonds is 13. The van der Waals surface area contributed by atoms with E-state index in [0.717, 1.165) is 5.56 Å². The molecule has 0 unspecified atom stereocenters. The quantitative estimate of drug-likeness (QED) is 0.185. The highest BCUT2D eigenvalue weighted by Crippen LogP contribution is 2.13. The van der Waals surface area contributed by atoms with Crippen LogP contribution in [0.3, 0.4) is 0 Å². The molecule has 2 aromatic rings. The van der Waals surface area contributed by atoms with Gasteiger partial charge in [0.2, 0.25) is 11.8 Å². The molecule has 9 heteroatoms. The molecule has 1 atom stereocenters. The van der Waals surface area contributed by atoms with E-state index in [4.69, 9.17) is 9.47 Å². The van der Waals surface area contributed by atoms with Crippen molar-refractivity contribution in [2.45, 2.75) is 25.8 Å². The predicted octanol–water partition coefficient (Wildman–Crippen LogP) is 1.94. The predicted molar refractivity (Wildman–Crippen MR) is 125 cm³/mol. The second-order valence-electron chi connectivity index (χ2n) is 7.22. The molecule has 3 N–H and O–H groups in total. The Kier molecular flexibility index (Phi) is 11.1. The van der Waals surface area contributed by atoms with Gasteiger partial charge in [-0.3, -0.25) is 14.4 Å². The Hall–Kier alpha value is -3.72. The van der Waals surface area contributed by atoms with E-state index >= 15 is 0 Å². The van der Waals surface area contributed by atoms with Gasteiger partial charge in [-0.15, -0.1) is 0 Å². The normalized spacial score (nSPS) is 11.6. The van der Waals surface area contributed by atoms with Crippen molar-refractivity contribution in [1.82, 2.24) is 16.1 Å². The summed E-state index contributed by atoms with van der Waals surface area (Å²) in [5, 5.41) is 9.35. The van der Waals surface area contributed by atoms with E-state index in [2.05, 4.69) is 21.2 Å². The van der Waals surface area contributed by atoms with Gasteiger partial charge in [-0.25, -0.2) is 5.43 Å². The molecule has 3 amide bonds. The summed E-state index contributed by atoms with van der Waals surface area (Å²) in [7, 11) is 1.58. The fraction of sp³-hybridized carbons (Fsp3) is 0.333. The topological polar surface area (TPSA) is 118 Å². The summed E-state index contributed by atoms with van der Waals surface area (Å²) in [5.41, 5.74) is 4.05. The van der Waals surface area contributed by atoms with Crippen LogP contribution in [-0.2, 0) is 19.1 Å². The van der Waals surface area contributed by atoms with Crippen molar-refractivity contribution in [2.24, 2.45) is 5.10 Å². The van der Waals surface area contributed by atoms with E-state index < -0.39 is 5.91 Å². The molecule has 0 bridgehead atoms. The molecule has 33 heavy (non-hydrogen) atoms. The number of carbonyl (C=O) groups excluding carboxylic acids is 3. The molecule has 0 spiro atoms. The van der Waals surface area contributed by atoms with E-state index in [9.17, 15) is 14.4 Å². The van der Waals surface area contributed by atoms with Gasteiger partial charge in [0.15, 0.2) is 6.61 Å². The van der Waals surface area contributed by atoms with Crippen LogP contribution < -0.4 is 20.8 Å². The molecule has 0 aliphatic carbocycles. The fourth-order valence-electron chi connectivity index (χ4n) is 2.78. The van der Waals surface area contributed by atoms with Gasteiger partial charge in [0.25, 0.3) is 5.91 Å². The van der Waals surface area contributed by atoms with Crippen LogP contribution in [-0.4, -0.2) is 50.8 Å². The lowest BCUT2D eigenvalue weighted by molar-refractivity contribution is -0.129. The first-order chi connectivity index (χ1) is 16.0. The Morgan fingerprint density at radius 2 is 1.73 bits per heavy atom. The van der Waals surface area contributed by atoms with E-state index in [-0.39, 0.29) is 30.9 Å². The molecule has 0 aliphatic rings. The SMILES string of the molecule is COCCCNC(=O)CC(=O)N/N=C/c1ccc(OCC(=O)N[C@H](C)c2ccccc2)cc1. The summed E-state index contributed by atoms with van der Waals surface area (Å²) < 4.78 is 10.4. The molecule has 0 aromatic heterocycles. The molecule has 0 saturated carbocycles. The molecule has 2 rings (SSSR count). The lowest BCUT2D eigenvalue weighted by atomic mass is 10.1. The van der Waals surface area contributed by atoms with Crippen molar-refractivity contribution in [1.29, 1.82) is 0 Å². The van der Waals surface area contributed by atoms with Crippen molar-refractivity contribution in [2.75, 3.05) is 26.9 Å². The minimum absolute atomic E-state index is 0.103. The smallest absolute Gasteiger partial charge is 0.258 e. The van der Waals surface area contributed by atoms with Crippen LogP contribution in [0.15, 0.2) is 59.7 Å². The van der Waals surface area contributed by atoms with Crippen LogP contribution in [0.5, 0.6) is 5.75 Å². The van der Waals surface area contributed by atoms with E-state index in [1.165, 1.54) is 6.21 Å². The molecule has 0 heterocycles. The largest absolute Gasteiger partial charge is 0.484 e. The van der Waals surface area contributed by atoms with Crippen molar-refractivity contribution < 1.29 is 23.9 Å². The average molecular weight is 455 g/mol. The van der Waals surface area contributed by atoms with E-state index in [1.807, 2.05) is 37.3 Å². The lowest BCUT2D eigenvalue weighted by Gasteiger charge is -2.14. The van der Waals surface area contributed by atoms with Crippen LogP contribution in [0.25, 0.3) is 0 Å². The zero-order valence-electron chi connectivity index (χ0n) is 18.9. The van der Waals surface area contributed by atoms with Crippen molar-refractivity contribution in [3.8, 4) is 5.75 Å². The summed E-state index contributed by atoms with van der Waals surface area (Å²) >= 11 is 0. The second-order valence-corrected chi connectivity index (χ2v) is 7.22. The van der Waals surface area contributed by atoms with Crippen molar-refractivity contribution in [3.05, 3.63) is 65.7 Å². The summed E-state index contributed by atoms with van der Waals surface area (Å²) in [4.78, 5) is 35.5. The zero-order valence-corrected chi connectivity index (χ0v) is 18.9. The van der Waals surface area contributed by atoms with Gasteiger partial charge in [0.1, 0.15) is 12.2 Å². The standard InChI is InChI=1S/C24H30N4O5/c1-18(20-7-4-3-5-8-20)27-24(31)17-33-21-11-9-19(10-12-21)16-26-28-23(30)15-22(29)25-13-6-14-32-2/h3-5,7-12,16,18H,6,13-15,17H2,1-2H3,(H,25,29)(H,27,31)(H,28,30)/b26-16+/t18-/m1/s1. The Balaban J connectivity index is 1.68. The number of hydrogen-bond acceptors (Lipinski definition) is 6. The van der Waals surface area contributed by atoms with E-state index in [1.54, 1.807) is 31.4 Å². The van der Waals surface area contributed by atoms with Gasteiger partial charge in [0, 0.05) is 20.3 Å². The van der Waals surface area contributed by atoms with Gasteiger partial charge in [0.05, 0.1) is 12.3 Å². The summed E-state index contributed by atoms with van der Waals surface area (Å²) in [6.45, 7) is 2.80. The van der Waals surface area contributed by atoms with Crippen LogP contribution in [0.2, 0.25) is 0 Å². The highest BCUT2D eigenvalue weighted by Gasteiger charge is 2.10. The van der Waals surface area contributed by atoms with Crippen LogP contribution in [0.4, 0.5) is 0 Å². The highest BCUT2D eigenvalue weighted by molar-refractivity contribution is 5.97. The molecular formula is C24H30N4O5. The molecule has 9 nitrogen and oxygen atoms in total. The summed E-state index contributed by atoms with van der Waals surface area (Å²) in [5.74, 6) is -0.569. The van der Waals surface area contributed by atoms with Crippen LogP contribution >= 0.6 is 0 Å². The molecular weight excluding hydrogens is 424 g/mol. The van der Waals surface area contributed by atoms with Gasteiger partial charge in [-0.05, 0) is 48.7 Å². The number of hydrazone groups is 1. The first-order valence-corrected chi connectivity index (χ1v) is 10.6. The molecule has 0 saturated heterocycles. The molecule has 0 radical (unpaired) electrons. The average Bonchev–Trinajstić information content (AvgIpc) is 2.82. The van der Waals surface area contributed by atoms with Gasteiger partial charge in [-0.1, -0.05) is 30.3 Å². The number of carbonyl (C=O) groups is 3. The molecule has 0 aliphatic heterocycles. The lowest BCUT2D eigenvalue weighted by Crippen LogP contribution is -2.31. The van der Waals surface area contributed by atoms with Crippen molar-refractivity contribution in [3.63, 3.8) is 0 Å². The highest BCUT2D eigenvalue weighted by atomic mass is 16.5. The maximum atomic E-state index is 12.1. The Labute approximate surface area is 193 Å². The first-order valence-electron chi connectivity index (χ1n) is 10.6. The molecule has 176 valence electrons. The number of methoxy groups -OCH3 is 1. The number of nitrogens with one attached hydrogen (secondary N) is 3. The minimum atomic E-state index is -0.508. The number of amides is 3. The molecule has 0 fully saturated rings. The van der Waals surface area contributed by atoms with E-state index in [0.29, 0.717) is 30.9 Å². The summed E-state index contributed by atoms with van der Waals surface area (Å²) in [6.07, 6.45) is 1.83. The third kappa shape index (κ3) is 10.4. The van der Waals surface area contributed by atoms with Crippen LogP contribution in [0.1, 0.15) is 36.9 Å². The number of benzene rings is 2. The van der Waals surface area contributed by atoms with Crippen molar-refractivity contribution >= 4 is 23.9 Å². The third-order valence-corrected chi connectivity index (χ3v) is 4.50. The maximum Gasteiger partial charge on any atom is 0.258 e. The third-order valence-electron chi connectivity index (χ3n) is 4.50. The Morgan fingerprint density at radius 1 is 1.00 bits per heavy atom. The maximum absolute atomic E-state index is 12.1. The Bertz CT molecular complexity index is 916. The van der Waals surface area contributed by atoms with Gasteiger partial charge >= 0.3 is 0 Å². The number of nitrogens with zero attached hydrogens (tertiary/aromatic N) is 1. The minimum Gasteiger partial charge on any atom is -0.484 e. The van der Waals surface area contributed by atoms with Gasteiger partial charge in [-0.2, -0.15) is 5.10 Å². The number of ether oxygens (including phenoxy) is 2. The Morgan fingerprint density at radius 3 is 2.42 bits per heavy atom. The monoisotopic (exact) mass is 454 g/mol.